The summed E-state index contributed by atoms with van der Waals surface area (Å²) in [4.78, 5) is 11.6. The normalized spacial score (nSPS) is 11.9. The highest BCUT2D eigenvalue weighted by Gasteiger charge is 2.20. The van der Waals surface area contributed by atoms with Gasteiger partial charge in [0.25, 0.3) is 0 Å². The van der Waals surface area contributed by atoms with E-state index in [2.05, 4.69) is 6.92 Å². The van der Waals surface area contributed by atoms with Crippen LogP contribution in [0, 0.1) is 0 Å². The summed E-state index contributed by atoms with van der Waals surface area (Å²) in [7, 11) is 1.37. The van der Waals surface area contributed by atoms with Gasteiger partial charge in [-0.15, -0.1) is 0 Å². The van der Waals surface area contributed by atoms with E-state index < -0.39 is 6.10 Å². The van der Waals surface area contributed by atoms with E-state index in [0.29, 0.717) is 18.6 Å². The molecule has 0 heterocycles. The summed E-state index contributed by atoms with van der Waals surface area (Å²) in [5, 5.41) is 8.84. The van der Waals surface area contributed by atoms with E-state index in [1.54, 1.807) is 0 Å². The Labute approximate surface area is 114 Å². The Bertz CT molecular complexity index is 372. The Morgan fingerprint density at radius 1 is 1.32 bits per heavy atom. The molecule has 1 N–H and O–H groups in total. The van der Waals surface area contributed by atoms with Crippen molar-refractivity contribution in [3.63, 3.8) is 0 Å². The first-order valence-electron chi connectivity index (χ1n) is 6.65. The molecule has 0 aliphatic heterocycles. The van der Waals surface area contributed by atoms with Gasteiger partial charge in [-0.2, -0.15) is 0 Å². The molecule has 0 aromatic heterocycles. The maximum atomic E-state index is 11.6. The smallest absolute Gasteiger partial charge is 0.347 e. The molecule has 1 unspecified atom stereocenters. The van der Waals surface area contributed by atoms with Crippen molar-refractivity contribution in [3.8, 4) is 5.75 Å². The molecule has 1 aromatic rings. The molecular weight excluding hydrogens is 244 g/mol. The number of benzene rings is 1. The van der Waals surface area contributed by atoms with Gasteiger partial charge in [-0.3, -0.25) is 0 Å². The van der Waals surface area contributed by atoms with Crippen molar-refractivity contribution in [2.45, 2.75) is 38.7 Å². The second-order valence-electron chi connectivity index (χ2n) is 4.39. The number of hydrogen-bond donors (Lipinski definition) is 1. The Balaban J connectivity index is 2.64. The van der Waals surface area contributed by atoms with Crippen LogP contribution in [0.5, 0.6) is 5.75 Å². The molecule has 0 radical (unpaired) electrons. The number of rotatable bonds is 8. The molecule has 4 heteroatoms. The SMILES string of the molecule is CCCCC(Oc1ccc(CCO)cc1)C(=O)OC. The predicted molar refractivity (Wildman–Crippen MR) is 73.2 cm³/mol. The van der Waals surface area contributed by atoms with Gasteiger partial charge in [-0.1, -0.05) is 25.5 Å². The summed E-state index contributed by atoms with van der Waals surface area (Å²) in [6.45, 7) is 2.19. The van der Waals surface area contributed by atoms with Crippen molar-refractivity contribution in [1.29, 1.82) is 0 Å². The fourth-order valence-corrected chi connectivity index (χ4v) is 1.77. The van der Waals surface area contributed by atoms with E-state index in [1.807, 2.05) is 24.3 Å². The summed E-state index contributed by atoms with van der Waals surface area (Å²) < 4.78 is 10.4. The van der Waals surface area contributed by atoms with Crippen LogP contribution in [0.15, 0.2) is 24.3 Å². The van der Waals surface area contributed by atoms with Crippen LogP contribution in [0.2, 0.25) is 0 Å². The summed E-state index contributed by atoms with van der Waals surface area (Å²) in [6.07, 6.45) is 2.65. The Morgan fingerprint density at radius 3 is 2.53 bits per heavy atom. The molecule has 19 heavy (non-hydrogen) atoms. The second kappa shape index (κ2) is 8.53. The average molecular weight is 266 g/mol. The lowest BCUT2D eigenvalue weighted by Gasteiger charge is -2.16. The Morgan fingerprint density at radius 2 is 2.00 bits per heavy atom. The molecule has 106 valence electrons. The highest BCUT2D eigenvalue weighted by molar-refractivity contribution is 5.74. The van der Waals surface area contributed by atoms with Gasteiger partial charge >= 0.3 is 5.97 Å². The molecule has 1 atom stereocenters. The zero-order valence-electron chi connectivity index (χ0n) is 11.6. The lowest BCUT2D eigenvalue weighted by molar-refractivity contribution is -0.149. The van der Waals surface area contributed by atoms with Crippen LogP contribution in [-0.4, -0.2) is 30.9 Å². The molecule has 0 aliphatic rings. The highest BCUT2D eigenvalue weighted by Crippen LogP contribution is 2.17. The number of carbonyl (C=O) groups excluding carboxylic acids is 1. The number of esters is 1. The third-order valence-corrected chi connectivity index (χ3v) is 2.89. The topological polar surface area (TPSA) is 55.8 Å². The van der Waals surface area contributed by atoms with Crippen molar-refractivity contribution >= 4 is 5.97 Å². The van der Waals surface area contributed by atoms with Crippen LogP contribution < -0.4 is 4.74 Å². The zero-order valence-corrected chi connectivity index (χ0v) is 11.6. The zero-order chi connectivity index (χ0) is 14.1. The maximum Gasteiger partial charge on any atom is 0.347 e. The van der Waals surface area contributed by atoms with Gasteiger partial charge < -0.3 is 14.6 Å². The van der Waals surface area contributed by atoms with Crippen molar-refractivity contribution in [2.24, 2.45) is 0 Å². The standard InChI is InChI=1S/C15H22O4/c1-3-4-5-14(15(17)18-2)19-13-8-6-12(7-9-13)10-11-16/h6-9,14,16H,3-5,10-11H2,1-2H3. The number of aliphatic hydroxyl groups excluding tert-OH is 1. The van der Waals surface area contributed by atoms with Crippen molar-refractivity contribution in [2.75, 3.05) is 13.7 Å². The number of carbonyl (C=O) groups is 1. The average Bonchev–Trinajstić information content (AvgIpc) is 2.44. The first-order chi connectivity index (χ1) is 9.21. The fraction of sp³-hybridized carbons (Fsp3) is 0.533. The summed E-state index contributed by atoms with van der Waals surface area (Å²) in [5.74, 6) is 0.307. The molecule has 0 bridgehead atoms. The largest absolute Gasteiger partial charge is 0.479 e. The number of ether oxygens (including phenoxy) is 2. The van der Waals surface area contributed by atoms with E-state index in [9.17, 15) is 4.79 Å². The van der Waals surface area contributed by atoms with Crippen LogP contribution in [0.3, 0.4) is 0 Å². The number of methoxy groups -OCH3 is 1. The number of hydrogen-bond acceptors (Lipinski definition) is 4. The lowest BCUT2D eigenvalue weighted by atomic mass is 10.1. The highest BCUT2D eigenvalue weighted by atomic mass is 16.6. The van der Waals surface area contributed by atoms with E-state index in [1.165, 1.54) is 7.11 Å². The number of aliphatic hydroxyl groups is 1. The second-order valence-corrected chi connectivity index (χ2v) is 4.39. The first-order valence-corrected chi connectivity index (χ1v) is 6.65. The summed E-state index contributed by atoms with van der Waals surface area (Å²) >= 11 is 0. The van der Waals surface area contributed by atoms with Gasteiger partial charge in [0.15, 0.2) is 6.10 Å². The molecule has 0 aliphatic carbocycles. The van der Waals surface area contributed by atoms with Crippen LogP contribution in [0.1, 0.15) is 31.7 Å². The summed E-state index contributed by atoms with van der Waals surface area (Å²) in [6, 6.07) is 7.40. The van der Waals surface area contributed by atoms with Gasteiger partial charge in [0, 0.05) is 6.61 Å². The Hall–Kier alpha value is -1.55. The first kappa shape index (κ1) is 15.5. The van der Waals surface area contributed by atoms with E-state index in [0.717, 1.165) is 18.4 Å². The molecule has 0 saturated heterocycles. The minimum absolute atomic E-state index is 0.126. The fourth-order valence-electron chi connectivity index (χ4n) is 1.77. The van der Waals surface area contributed by atoms with Gasteiger partial charge in [-0.25, -0.2) is 4.79 Å². The molecule has 0 fully saturated rings. The van der Waals surface area contributed by atoms with Crippen LogP contribution >= 0.6 is 0 Å². The molecule has 0 spiro atoms. The van der Waals surface area contributed by atoms with Gasteiger partial charge in [0.2, 0.25) is 0 Å². The lowest BCUT2D eigenvalue weighted by Crippen LogP contribution is -2.28. The third kappa shape index (κ3) is 5.30. The van der Waals surface area contributed by atoms with Crippen LogP contribution in [0.4, 0.5) is 0 Å². The van der Waals surface area contributed by atoms with E-state index in [-0.39, 0.29) is 12.6 Å². The van der Waals surface area contributed by atoms with Crippen LogP contribution in [-0.2, 0) is 16.0 Å². The molecular formula is C15H22O4. The monoisotopic (exact) mass is 266 g/mol. The van der Waals surface area contributed by atoms with Crippen molar-refractivity contribution < 1.29 is 19.4 Å². The van der Waals surface area contributed by atoms with Crippen molar-refractivity contribution in [1.82, 2.24) is 0 Å². The van der Waals surface area contributed by atoms with E-state index in [4.69, 9.17) is 14.6 Å². The molecule has 0 amide bonds. The predicted octanol–water partition coefficient (Wildman–Crippen LogP) is 2.33. The van der Waals surface area contributed by atoms with Gasteiger partial charge in [0.05, 0.1) is 7.11 Å². The van der Waals surface area contributed by atoms with Gasteiger partial charge in [-0.05, 0) is 37.0 Å². The quantitative estimate of drug-likeness (QED) is 0.734. The van der Waals surface area contributed by atoms with Gasteiger partial charge in [0.1, 0.15) is 5.75 Å². The minimum atomic E-state index is -0.548. The van der Waals surface area contributed by atoms with Crippen LogP contribution in [0.25, 0.3) is 0 Å². The maximum absolute atomic E-state index is 11.6. The van der Waals surface area contributed by atoms with E-state index >= 15 is 0 Å². The third-order valence-electron chi connectivity index (χ3n) is 2.89. The molecule has 4 nitrogen and oxygen atoms in total. The molecule has 1 rings (SSSR count). The minimum Gasteiger partial charge on any atom is -0.479 e. The molecule has 1 aromatic carbocycles. The Kier molecular flexibility index (Phi) is 6.97. The summed E-state index contributed by atoms with van der Waals surface area (Å²) in [5.41, 5.74) is 1.04. The molecule has 0 saturated carbocycles. The number of unbranched alkanes of at least 4 members (excludes halogenated alkanes) is 1. The van der Waals surface area contributed by atoms with Crippen molar-refractivity contribution in [3.05, 3.63) is 29.8 Å².